The van der Waals surface area contributed by atoms with Gasteiger partial charge < -0.3 is 5.32 Å². The summed E-state index contributed by atoms with van der Waals surface area (Å²) in [5.74, 6) is 0.972. The van der Waals surface area contributed by atoms with E-state index < -0.39 is 0 Å². The summed E-state index contributed by atoms with van der Waals surface area (Å²) in [6.45, 7) is 2.51. The van der Waals surface area contributed by atoms with Crippen LogP contribution in [-0.2, 0) is 0 Å². The third-order valence-electron chi connectivity index (χ3n) is 5.05. The predicted octanol–water partition coefficient (Wildman–Crippen LogP) is 3.19. The van der Waals surface area contributed by atoms with Gasteiger partial charge in [0.15, 0.2) is 0 Å². The van der Waals surface area contributed by atoms with Crippen molar-refractivity contribution in [2.75, 3.05) is 18.8 Å². The molecule has 2 fully saturated rings. The van der Waals surface area contributed by atoms with E-state index in [9.17, 15) is 4.39 Å². The van der Waals surface area contributed by atoms with Gasteiger partial charge in [-0.3, -0.25) is 4.90 Å². The topological polar surface area (TPSA) is 15.3 Å². The standard InChI is InChI=1S/C16H21FN2S/c17-12-4-1-3-11-13(7-10-20-16(11)12)18-14-6-9-19-8-2-5-15(14)19/h1,3-4,13-15,18H,2,5-10H2. The highest BCUT2D eigenvalue weighted by Gasteiger charge is 2.38. The molecule has 108 valence electrons. The first-order valence-corrected chi connectivity index (χ1v) is 8.73. The number of nitrogens with one attached hydrogen (secondary N) is 1. The van der Waals surface area contributed by atoms with E-state index in [1.165, 1.54) is 37.9 Å². The van der Waals surface area contributed by atoms with Crippen LogP contribution in [0.15, 0.2) is 23.1 Å². The molecule has 3 unspecified atom stereocenters. The van der Waals surface area contributed by atoms with Crippen LogP contribution in [0.1, 0.15) is 37.3 Å². The molecule has 0 aromatic heterocycles. The van der Waals surface area contributed by atoms with E-state index in [-0.39, 0.29) is 5.82 Å². The van der Waals surface area contributed by atoms with Crippen LogP contribution in [0.2, 0.25) is 0 Å². The average Bonchev–Trinajstić information content (AvgIpc) is 3.05. The van der Waals surface area contributed by atoms with Crippen LogP contribution in [-0.4, -0.2) is 35.8 Å². The maximum Gasteiger partial charge on any atom is 0.137 e. The minimum Gasteiger partial charge on any atom is -0.305 e. The van der Waals surface area contributed by atoms with Crippen LogP contribution >= 0.6 is 11.8 Å². The second kappa shape index (κ2) is 5.32. The zero-order valence-electron chi connectivity index (χ0n) is 11.6. The summed E-state index contributed by atoms with van der Waals surface area (Å²) < 4.78 is 13.9. The first-order valence-electron chi connectivity index (χ1n) is 7.74. The lowest BCUT2D eigenvalue weighted by molar-refractivity contribution is 0.286. The molecule has 0 aliphatic carbocycles. The van der Waals surface area contributed by atoms with E-state index in [2.05, 4.69) is 16.3 Å². The maximum absolute atomic E-state index is 13.9. The molecule has 1 N–H and O–H groups in total. The van der Waals surface area contributed by atoms with E-state index in [0.717, 1.165) is 23.1 Å². The molecule has 3 heterocycles. The number of fused-ring (bicyclic) bond motifs is 2. The Labute approximate surface area is 124 Å². The van der Waals surface area contributed by atoms with Gasteiger partial charge in [0.25, 0.3) is 0 Å². The zero-order chi connectivity index (χ0) is 13.5. The van der Waals surface area contributed by atoms with Gasteiger partial charge in [0.1, 0.15) is 5.82 Å². The Morgan fingerprint density at radius 2 is 2.15 bits per heavy atom. The first kappa shape index (κ1) is 13.1. The van der Waals surface area contributed by atoms with Crippen LogP contribution in [0.4, 0.5) is 4.39 Å². The van der Waals surface area contributed by atoms with E-state index in [1.54, 1.807) is 17.8 Å². The Kier molecular flexibility index (Phi) is 3.49. The SMILES string of the molecule is Fc1cccc2c1SCCC2NC1CCN2CCCC12. The van der Waals surface area contributed by atoms with Gasteiger partial charge in [0.2, 0.25) is 0 Å². The van der Waals surface area contributed by atoms with Crippen molar-refractivity contribution >= 4 is 11.8 Å². The molecule has 0 amide bonds. The Morgan fingerprint density at radius 1 is 1.20 bits per heavy atom. The third-order valence-corrected chi connectivity index (χ3v) is 6.21. The number of hydrogen-bond donors (Lipinski definition) is 1. The summed E-state index contributed by atoms with van der Waals surface area (Å²) in [7, 11) is 0. The van der Waals surface area contributed by atoms with E-state index in [1.807, 2.05) is 6.07 Å². The molecule has 3 aliphatic rings. The summed E-state index contributed by atoms with van der Waals surface area (Å²) >= 11 is 1.67. The van der Waals surface area contributed by atoms with Crippen molar-refractivity contribution in [3.8, 4) is 0 Å². The molecule has 4 rings (SSSR count). The van der Waals surface area contributed by atoms with Crippen LogP contribution in [0, 0.1) is 5.82 Å². The molecule has 2 nitrogen and oxygen atoms in total. The highest BCUT2D eigenvalue weighted by Crippen LogP contribution is 2.39. The molecule has 3 aliphatic heterocycles. The minimum absolute atomic E-state index is 0.0482. The second-order valence-corrected chi connectivity index (χ2v) is 7.26. The third kappa shape index (κ3) is 2.18. The summed E-state index contributed by atoms with van der Waals surface area (Å²) in [6.07, 6.45) is 5.03. The van der Waals surface area contributed by atoms with Crippen molar-refractivity contribution in [3.05, 3.63) is 29.6 Å². The van der Waals surface area contributed by atoms with Crippen LogP contribution in [0.5, 0.6) is 0 Å². The molecule has 4 heteroatoms. The Bertz CT molecular complexity index is 507. The number of benzene rings is 1. The van der Waals surface area contributed by atoms with Gasteiger partial charge in [-0.2, -0.15) is 0 Å². The molecule has 1 aromatic rings. The van der Waals surface area contributed by atoms with Crippen LogP contribution in [0.25, 0.3) is 0 Å². The first-order chi connectivity index (χ1) is 9.83. The molecule has 0 spiro atoms. The van der Waals surface area contributed by atoms with Gasteiger partial charge in [-0.05, 0) is 49.6 Å². The zero-order valence-corrected chi connectivity index (χ0v) is 12.5. The van der Waals surface area contributed by atoms with Gasteiger partial charge in [-0.25, -0.2) is 4.39 Å². The van der Waals surface area contributed by atoms with Gasteiger partial charge in [-0.15, -0.1) is 11.8 Å². The van der Waals surface area contributed by atoms with E-state index in [0.29, 0.717) is 12.1 Å². The highest BCUT2D eigenvalue weighted by atomic mass is 32.2. The van der Waals surface area contributed by atoms with Gasteiger partial charge >= 0.3 is 0 Å². The van der Waals surface area contributed by atoms with Crippen molar-refractivity contribution < 1.29 is 4.39 Å². The summed E-state index contributed by atoms with van der Waals surface area (Å²) in [5, 5.41) is 3.85. The fraction of sp³-hybridized carbons (Fsp3) is 0.625. The summed E-state index contributed by atoms with van der Waals surface area (Å²) in [5.41, 5.74) is 1.18. The fourth-order valence-corrected chi connectivity index (χ4v) is 5.24. The van der Waals surface area contributed by atoms with Crippen molar-refractivity contribution in [2.45, 2.75) is 48.7 Å². The molecular formula is C16H21FN2S. The summed E-state index contributed by atoms with van der Waals surface area (Å²) in [4.78, 5) is 3.50. The van der Waals surface area contributed by atoms with Crippen LogP contribution in [0.3, 0.4) is 0 Å². The van der Waals surface area contributed by atoms with Crippen molar-refractivity contribution in [1.29, 1.82) is 0 Å². The van der Waals surface area contributed by atoms with Crippen molar-refractivity contribution in [2.24, 2.45) is 0 Å². The number of nitrogens with zero attached hydrogens (tertiary/aromatic N) is 1. The largest absolute Gasteiger partial charge is 0.305 e. The number of hydrogen-bond acceptors (Lipinski definition) is 3. The number of thioether (sulfide) groups is 1. The lowest BCUT2D eigenvalue weighted by Gasteiger charge is -2.31. The van der Waals surface area contributed by atoms with Crippen LogP contribution < -0.4 is 5.32 Å². The molecule has 2 saturated heterocycles. The highest BCUT2D eigenvalue weighted by molar-refractivity contribution is 7.99. The molecule has 0 radical (unpaired) electrons. The van der Waals surface area contributed by atoms with E-state index in [4.69, 9.17) is 0 Å². The monoisotopic (exact) mass is 292 g/mol. The van der Waals surface area contributed by atoms with Gasteiger partial charge in [0, 0.05) is 29.6 Å². The predicted molar refractivity (Wildman–Crippen MR) is 80.6 cm³/mol. The average molecular weight is 292 g/mol. The quantitative estimate of drug-likeness (QED) is 0.901. The molecular weight excluding hydrogens is 271 g/mol. The smallest absolute Gasteiger partial charge is 0.137 e. The van der Waals surface area contributed by atoms with Crippen molar-refractivity contribution in [1.82, 2.24) is 10.2 Å². The summed E-state index contributed by atoms with van der Waals surface area (Å²) in [6, 6.07) is 7.20. The Hall–Kier alpha value is -0.580. The molecule has 0 saturated carbocycles. The molecule has 20 heavy (non-hydrogen) atoms. The van der Waals surface area contributed by atoms with Gasteiger partial charge in [-0.1, -0.05) is 12.1 Å². The molecule has 1 aromatic carbocycles. The Morgan fingerprint density at radius 3 is 3.10 bits per heavy atom. The second-order valence-electron chi connectivity index (χ2n) is 6.16. The minimum atomic E-state index is -0.0482. The Balaban J connectivity index is 1.54. The van der Waals surface area contributed by atoms with E-state index >= 15 is 0 Å². The van der Waals surface area contributed by atoms with Crippen molar-refractivity contribution in [3.63, 3.8) is 0 Å². The number of halogens is 1. The number of rotatable bonds is 2. The van der Waals surface area contributed by atoms with Gasteiger partial charge in [0.05, 0.1) is 0 Å². The normalized spacial score (nSPS) is 33.1. The lowest BCUT2D eigenvalue weighted by atomic mass is 9.99. The molecule has 3 atom stereocenters. The lowest BCUT2D eigenvalue weighted by Crippen LogP contribution is -2.41. The maximum atomic E-state index is 13.9. The molecule has 0 bridgehead atoms. The fourth-order valence-electron chi connectivity index (χ4n) is 4.09.